The quantitative estimate of drug-likeness (QED) is 0.618. The summed E-state index contributed by atoms with van der Waals surface area (Å²) in [6, 6.07) is 21.6. The van der Waals surface area contributed by atoms with Gasteiger partial charge in [-0.25, -0.2) is 0 Å². The molecule has 0 saturated carbocycles. The van der Waals surface area contributed by atoms with E-state index in [1.165, 1.54) is 0 Å². The highest BCUT2D eigenvalue weighted by atomic mass is 35.5. The molecule has 138 valence electrons. The van der Waals surface area contributed by atoms with Crippen LogP contribution in [0, 0.1) is 0 Å². The van der Waals surface area contributed by atoms with Crippen molar-refractivity contribution in [3.05, 3.63) is 94.5 Å². The molecule has 0 aliphatic rings. The number of hydrogen-bond donors (Lipinski definition) is 2. The second kappa shape index (κ2) is 8.60. The number of hydrogen-bond acceptors (Lipinski definition) is 3. The van der Waals surface area contributed by atoms with Gasteiger partial charge in [-0.3, -0.25) is 4.79 Å². The zero-order valence-corrected chi connectivity index (χ0v) is 15.6. The summed E-state index contributed by atoms with van der Waals surface area (Å²) in [5.41, 5.74) is 8.99. The van der Waals surface area contributed by atoms with Crippen molar-refractivity contribution < 1.29 is 9.90 Å². The molecule has 0 radical (unpaired) electrons. The number of benzene rings is 3. The molecule has 3 aromatic carbocycles. The van der Waals surface area contributed by atoms with E-state index in [9.17, 15) is 9.90 Å². The lowest BCUT2D eigenvalue weighted by molar-refractivity contribution is 0.0746. The molecule has 0 spiro atoms. The summed E-state index contributed by atoms with van der Waals surface area (Å²) in [5.74, 6) is 0.0835. The Morgan fingerprint density at radius 2 is 1.56 bits per heavy atom. The van der Waals surface area contributed by atoms with Gasteiger partial charge >= 0.3 is 0 Å². The molecule has 0 bridgehead atoms. The fourth-order valence-corrected chi connectivity index (χ4v) is 2.98. The van der Waals surface area contributed by atoms with Gasteiger partial charge in [0.05, 0.1) is 5.56 Å². The minimum absolute atomic E-state index is 0.116. The Hall–Kier alpha value is -2.98. The Bertz CT molecular complexity index is 908. The third-order valence-corrected chi connectivity index (χ3v) is 4.62. The van der Waals surface area contributed by atoms with Gasteiger partial charge < -0.3 is 15.7 Å². The molecule has 0 saturated heterocycles. The first-order valence-corrected chi connectivity index (χ1v) is 9.07. The average Bonchev–Trinajstić information content (AvgIpc) is 2.68. The van der Waals surface area contributed by atoms with Crippen LogP contribution in [0.1, 0.15) is 21.5 Å². The Morgan fingerprint density at radius 3 is 2.22 bits per heavy atom. The fraction of sp³-hybridized carbons (Fsp3) is 0.136. The van der Waals surface area contributed by atoms with E-state index in [0.717, 1.165) is 11.1 Å². The van der Waals surface area contributed by atoms with Crippen molar-refractivity contribution in [2.75, 3.05) is 12.3 Å². The minimum Gasteiger partial charge on any atom is -0.508 e. The van der Waals surface area contributed by atoms with Gasteiger partial charge in [0.1, 0.15) is 5.75 Å². The number of nitrogen functional groups attached to an aromatic ring is 1. The van der Waals surface area contributed by atoms with Gasteiger partial charge in [0.2, 0.25) is 0 Å². The number of halogens is 1. The lowest BCUT2D eigenvalue weighted by atomic mass is 10.1. The molecule has 3 rings (SSSR count). The summed E-state index contributed by atoms with van der Waals surface area (Å²) < 4.78 is 0. The fourth-order valence-electron chi connectivity index (χ4n) is 2.85. The third-order valence-electron chi connectivity index (χ3n) is 4.37. The van der Waals surface area contributed by atoms with Crippen LogP contribution in [0.3, 0.4) is 0 Å². The van der Waals surface area contributed by atoms with E-state index in [2.05, 4.69) is 0 Å². The number of para-hydroxylation sites is 1. The van der Waals surface area contributed by atoms with E-state index in [4.69, 9.17) is 17.3 Å². The molecule has 0 heterocycles. The van der Waals surface area contributed by atoms with E-state index >= 15 is 0 Å². The maximum absolute atomic E-state index is 13.1. The number of phenolic OH excluding ortho intramolecular Hbond substituents is 1. The van der Waals surface area contributed by atoms with Crippen molar-refractivity contribution in [3.8, 4) is 5.75 Å². The molecule has 27 heavy (non-hydrogen) atoms. The molecular weight excluding hydrogens is 360 g/mol. The number of nitrogens with zero attached hydrogens (tertiary/aromatic N) is 1. The van der Waals surface area contributed by atoms with Gasteiger partial charge in [0, 0.05) is 23.8 Å². The van der Waals surface area contributed by atoms with Crippen LogP contribution in [0.15, 0.2) is 72.8 Å². The maximum atomic E-state index is 13.1. The number of anilines is 1. The van der Waals surface area contributed by atoms with Crippen LogP contribution in [0.2, 0.25) is 5.02 Å². The average molecular weight is 381 g/mol. The van der Waals surface area contributed by atoms with Crippen LogP contribution in [0.25, 0.3) is 0 Å². The number of phenols is 1. The van der Waals surface area contributed by atoms with E-state index in [0.29, 0.717) is 35.8 Å². The summed E-state index contributed by atoms with van der Waals surface area (Å²) >= 11 is 5.94. The van der Waals surface area contributed by atoms with Crippen LogP contribution in [0.5, 0.6) is 5.75 Å². The monoisotopic (exact) mass is 380 g/mol. The molecule has 0 atom stereocenters. The van der Waals surface area contributed by atoms with Gasteiger partial charge in [0.15, 0.2) is 0 Å². The standard InChI is InChI=1S/C22H21ClN2O2/c23-18-9-5-16(6-10-18)13-14-25(15-17-7-11-19(26)12-8-17)22(27)20-3-1-2-4-21(20)24/h1-12,26H,13-15,24H2. The normalized spacial score (nSPS) is 10.6. The van der Waals surface area contributed by atoms with Gasteiger partial charge in [-0.1, -0.05) is 48.0 Å². The largest absolute Gasteiger partial charge is 0.508 e. The SMILES string of the molecule is Nc1ccccc1C(=O)N(CCc1ccc(Cl)cc1)Cc1ccc(O)cc1. The molecular formula is C22H21ClN2O2. The van der Waals surface area contributed by atoms with Gasteiger partial charge in [-0.05, 0) is 53.9 Å². The predicted octanol–water partition coefficient (Wildman–Crippen LogP) is 4.51. The molecule has 4 nitrogen and oxygen atoms in total. The topological polar surface area (TPSA) is 66.6 Å². The molecule has 5 heteroatoms. The van der Waals surface area contributed by atoms with Crippen LogP contribution >= 0.6 is 11.6 Å². The number of rotatable bonds is 6. The van der Waals surface area contributed by atoms with E-state index < -0.39 is 0 Å². The molecule has 3 N–H and O–H groups in total. The van der Waals surface area contributed by atoms with E-state index in [1.54, 1.807) is 29.2 Å². The van der Waals surface area contributed by atoms with Crippen molar-refractivity contribution in [1.82, 2.24) is 4.90 Å². The first-order valence-electron chi connectivity index (χ1n) is 8.69. The summed E-state index contributed by atoms with van der Waals surface area (Å²) in [6.45, 7) is 0.969. The lowest BCUT2D eigenvalue weighted by Gasteiger charge is -2.24. The Labute approximate surface area is 163 Å². The number of aromatic hydroxyl groups is 1. The first-order chi connectivity index (χ1) is 13.0. The Kier molecular flexibility index (Phi) is 5.99. The maximum Gasteiger partial charge on any atom is 0.256 e. The summed E-state index contributed by atoms with van der Waals surface area (Å²) in [4.78, 5) is 14.9. The number of nitrogens with two attached hydrogens (primary N) is 1. The van der Waals surface area contributed by atoms with Crippen molar-refractivity contribution in [2.45, 2.75) is 13.0 Å². The number of carbonyl (C=O) groups is 1. The van der Waals surface area contributed by atoms with Gasteiger partial charge in [-0.15, -0.1) is 0 Å². The minimum atomic E-state index is -0.116. The van der Waals surface area contributed by atoms with Crippen molar-refractivity contribution in [3.63, 3.8) is 0 Å². The van der Waals surface area contributed by atoms with Crippen LogP contribution in [-0.2, 0) is 13.0 Å². The second-order valence-electron chi connectivity index (χ2n) is 6.36. The molecule has 0 unspecified atom stereocenters. The Balaban J connectivity index is 1.81. The van der Waals surface area contributed by atoms with Crippen molar-refractivity contribution in [1.29, 1.82) is 0 Å². The highest BCUT2D eigenvalue weighted by Gasteiger charge is 2.18. The van der Waals surface area contributed by atoms with Crippen LogP contribution in [0.4, 0.5) is 5.69 Å². The number of carbonyl (C=O) groups excluding carboxylic acids is 1. The second-order valence-corrected chi connectivity index (χ2v) is 6.79. The summed E-state index contributed by atoms with van der Waals surface area (Å²) in [6.07, 6.45) is 0.702. The zero-order chi connectivity index (χ0) is 19.2. The smallest absolute Gasteiger partial charge is 0.256 e. The highest BCUT2D eigenvalue weighted by molar-refractivity contribution is 6.30. The van der Waals surface area contributed by atoms with Crippen molar-refractivity contribution in [2.24, 2.45) is 0 Å². The highest BCUT2D eigenvalue weighted by Crippen LogP contribution is 2.18. The van der Waals surface area contributed by atoms with E-state index in [1.807, 2.05) is 48.5 Å². The number of amides is 1. The molecule has 0 aromatic heterocycles. The van der Waals surface area contributed by atoms with Crippen molar-refractivity contribution >= 4 is 23.2 Å². The molecule has 0 fully saturated rings. The van der Waals surface area contributed by atoms with Gasteiger partial charge in [0.25, 0.3) is 5.91 Å². The van der Waals surface area contributed by atoms with E-state index in [-0.39, 0.29) is 11.7 Å². The third kappa shape index (κ3) is 5.02. The lowest BCUT2D eigenvalue weighted by Crippen LogP contribution is -2.33. The molecule has 0 aliphatic heterocycles. The summed E-state index contributed by atoms with van der Waals surface area (Å²) in [7, 11) is 0. The first kappa shape index (κ1) is 18.8. The summed E-state index contributed by atoms with van der Waals surface area (Å²) in [5, 5.41) is 10.2. The van der Waals surface area contributed by atoms with Crippen LogP contribution < -0.4 is 5.73 Å². The van der Waals surface area contributed by atoms with Crippen LogP contribution in [-0.4, -0.2) is 22.5 Å². The molecule has 0 aliphatic carbocycles. The predicted molar refractivity (Wildman–Crippen MR) is 109 cm³/mol. The Morgan fingerprint density at radius 1 is 0.926 bits per heavy atom. The van der Waals surface area contributed by atoms with Gasteiger partial charge in [-0.2, -0.15) is 0 Å². The zero-order valence-electron chi connectivity index (χ0n) is 14.8. The molecule has 1 amide bonds. The molecule has 3 aromatic rings.